The number of aromatic nitrogens is 2. The summed E-state index contributed by atoms with van der Waals surface area (Å²) < 4.78 is 8.16. The molecule has 31 heavy (non-hydrogen) atoms. The van der Waals surface area contributed by atoms with Crippen molar-refractivity contribution in [3.8, 4) is 0 Å². The fourth-order valence-electron chi connectivity index (χ4n) is 3.97. The van der Waals surface area contributed by atoms with Gasteiger partial charge in [-0.25, -0.2) is 9.97 Å². The molecule has 0 saturated carbocycles. The number of ether oxygens (including phenoxy) is 1. The van der Waals surface area contributed by atoms with Crippen LogP contribution in [0.4, 0.5) is 5.13 Å². The van der Waals surface area contributed by atoms with Crippen LogP contribution in [0, 0.1) is 0 Å². The number of thiazole rings is 2. The topological polar surface area (TPSA) is 55.3 Å². The lowest BCUT2D eigenvalue weighted by atomic mass is 10.1. The molecule has 1 saturated heterocycles. The molecular weight excluding hydrogens is 426 g/mol. The van der Waals surface area contributed by atoms with E-state index >= 15 is 0 Å². The number of carbonyl (C=O) groups is 1. The zero-order valence-electron chi connectivity index (χ0n) is 17.3. The van der Waals surface area contributed by atoms with Crippen LogP contribution in [0.1, 0.15) is 37.1 Å². The molecule has 5 rings (SSSR count). The molecule has 4 aromatic rings. The maximum atomic E-state index is 13.2. The molecule has 7 heteroatoms. The van der Waals surface area contributed by atoms with Crippen LogP contribution in [0.5, 0.6) is 0 Å². The van der Waals surface area contributed by atoms with Gasteiger partial charge in [-0.1, -0.05) is 35.6 Å². The highest BCUT2D eigenvalue weighted by molar-refractivity contribution is 7.22. The van der Waals surface area contributed by atoms with E-state index in [9.17, 15) is 4.79 Å². The number of aryl methyl sites for hydroxylation is 1. The summed E-state index contributed by atoms with van der Waals surface area (Å²) in [6, 6.07) is 16.3. The van der Waals surface area contributed by atoms with Crippen LogP contribution in [0.2, 0.25) is 0 Å². The number of para-hydroxylation sites is 2. The summed E-state index contributed by atoms with van der Waals surface area (Å²) in [5.74, 6) is 0.138. The summed E-state index contributed by atoms with van der Waals surface area (Å²) in [5, 5.41) is 1.93. The summed E-state index contributed by atoms with van der Waals surface area (Å²) in [5.41, 5.74) is 2.01. The molecule has 5 nitrogen and oxygen atoms in total. The Morgan fingerprint density at radius 2 is 1.74 bits per heavy atom. The van der Waals surface area contributed by atoms with Gasteiger partial charge in [-0.2, -0.15) is 0 Å². The van der Waals surface area contributed by atoms with E-state index in [0.29, 0.717) is 13.0 Å². The Hall–Kier alpha value is -2.35. The molecule has 0 spiro atoms. The predicted octanol–water partition coefficient (Wildman–Crippen LogP) is 5.83. The van der Waals surface area contributed by atoms with Crippen LogP contribution in [-0.4, -0.2) is 35.1 Å². The first-order valence-electron chi connectivity index (χ1n) is 10.9. The number of fused-ring (bicyclic) bond motifs is 2. The lowest BCUT2D eigenvalue weighted by Gasteiger charge is -2.23. The molecule has 0 N–H and O–H groups in total. The molecule has 1 atom stereocenters. The highest BCUT2D eigenvalue weighted by Gasteiger charge is 2.25. The number of unbranched alkanes of at least 4 members (excludes halogenated alkanes) is 1. The lowest BCUT2D eigenvalue weighted by molar-refractivity contribution is -0.119. The largest absolute Gasteiger partial charge is 0.376 e. The Bertz CT molecular complexity index is 1110. The molecule has 160 valence electrons. The van der Waals surface area contributed by atoms with Crippen molar-refractivity contribution in [2.24, 2.45) is 0 Å². The summed E-state index contributed by atoms with van der Waals surface area (Å²) in [6.45, 7) is 1.38. The SMILES string of the molecule is O=C(CCCCc1nc2ccccc2s1)N(C[C@H]1CCCO1)c1nc2ccccc2s1. The van der Waals surface area contributed by atoms with Gasteiger partial charge < -0.3 is 4.74 Å². The standard InChI is InChI=1S/C24H25N3O2S2/c28-23(14-6-5-13-22-25-18-9-1-3-11-20(18)30-22)27(16-17-8-7-15-29-17)24-26-19-10-2-4-12-21(19)31-24/h1-4,9-12,17H,5-8,13-16H2/t17-/m1/s1. The first-order chi connectivity index (χ1) is 15.3. The van der Waals surface area contributed by atoms with Crippen LogP contribution in [-0.2, 0) is 16.0 Å². The normalized spacial score (nSPS) is 16.3. The van der Waals surface area contributed by atoms with E-state index in [1.807, 2.05) is 35.2 Å². The van der Waals surface area contributed by atoms with Gasteiger partial charge in [0.2, 0.25) is 5.91 Å². The van der Waals surface area contributed by atoms with Crippen molar-refractivity contribution in [3.63, 3.8) is 0 Å². The molecule has 3 heterocycles. The number of hydrogen-bond acceptors (Lipinski definition) is 6. The second-order valence-electron chi connectivity index (χ2n) is 7.89. The minimum Gasteiger partial charge on any atom is -0.376 e. The molecule has 1 fully saturated rings. The minimum atomic E-state index is 0.110. The van der Waals surface area contributed by atoms with E-state index in [0.717, 1.165) is 64.6 Å². The average Bonchev–Trinajstić information content (AvgIpc) is 3.53. The van der Waals surface area contributed by atoms with Gasteiger partial charge in [-0.15, -0.1) is 11.3 Å². The Morgan fingerprint density at radius 1 is 1.00 bits per heavy atom. The Morgan fingerprint density at radius 3 is 2.45 bits per heavy atom. The molecule has 0 unspecified atom stereocenters. The van der Waals surface area contributed by atoms with Crippen LogP contribution in [0.25, 0.3) is 20.4 Å². The zero-order chi connectivity index (χ0) is 21.0. The first kappa shape index (κ1) is 20.5. The van der Waals surface area contributed by atoms with Crippen molar-refractivity contribution in [2.45, 2.75) is 44.6 Å². The minimum absolute atomic E-state index is 0.110. The molecule has 0 aliphatic carbocycles. The van der Waals surface area contributed by atoms with Crippen molar-refractivity contribution >= 4 is 54.1 Å². The number of amides is 1. The fourth-order valence-corrected chi connectivity index (χ4v) is 5.97. The van der Waals surface area contributed by atoms with Gasteiger partial charge in [-0.3, -0.25) is 9.69 Å². The molecule has 1 aliphatic rings. The van der Waals surface area contributed by atoms with Gasteiger partial charge >= 0.3 is 0 Å². The number of carbonyl (C=O) groups excluding carboxylic acids is 1. The number of anilines is 1. The lowest BCUT2D eigenvalue weighted by Crippen LogP contribution is -2.37. The maximum absolute atomic E-state index is 13.2. The van der Waals surface area contributed by atoms with Crippen molar-refractivity contribution in [3.05, 3.63) is 53.5 Å². The van der Waals surface area contributed by atoms with Gasteiger partial charge in [0.25, 0.3) is 0 Å². The van der Waals surface area contributed by atoms with Crippen LogP contribution in [0.15, 0.2) is 48.5 Å². The third-order valence-electron chi connectivity index (χ3n) is 5.59. The van der Waals surface area contributed by atoms with Crippen molar-refractivity contribution in [1.82, 2.24) is 9.97 Å². The summed E-state index contributed by atoms with van der Waals surface area (Å²) in [7, 11) is 0. The molecule has 0 bridgehead atoms. The number of nitrogens with zero attached hydrogens (tertiary/aromatic N) is 3. The quantitative estimate of drug-likeness (QED) is 0.316. The summed E-state index contributed by atoms with van der Waals surface area (Å²) in [4.78, 5) is 24.5. The Labute approximate surface area is 189 Å². The van der Waals surface area contributed by atoms with E-state index in [2.05, 4.69) is 18.2 Å². The van der Waals surface area contributed by atoms with E-state index in [-0.39, 0.29) is 12.0 Å². The second kappa shape index (κ2) is 9.42. The molecule has 2 aromatic heterocycles. The zero-order valence-corrected chi connectivity index (χ0v) is 19.0. The number of rotatable bonds is 8. The number of benzene rings is 2. The molecule has 0 radical (unpaired) electrons. The highest BCUT2D eigenvalue weighted by atomic mass is 32.1. The average molecular weight is 452 g/mol. The Kier molecular flexibility index (Phi) is 6.25. The predicted molar refractivity (Wildman–Crippen MR) is 128 cm³/mol. The van der Waals surface area contributed by atoms with E-state index in [1.165, 1.54) is 4.70 Å². The van der Waals surface area contributed by atoms with Gasteiger partial charge in [0.05, 0.1) is 38.1 Å². The maximum Gasteiger partial charge on any atom is 0.228 e. The van der Waals surface area contributed by atoms with E-state index in [4.69, 9.17) is 14.7 Å². The highest BCUT2D eigenvalue weighted by Crippen LogP contribution is 2.30. The van der Waals surface area contributed by atoms with Crippen molar-refractivity contribution < 1.29 is 9.53 Å². The third-order valence-corrected chi connectivity index (χ3v) is 7.75. The van der Waals surface area contributed by atoms with Gasteiger partial charge in [-0.05, 0) is 56.4 Å². The van der Waals surface area contributed by atoms with Gasteiger partial charge in [0, 0.05) is 13.0 Å². The number of hydrogen-bond donors (Lipinski definition) is 0. The summed E-state index contributed by atoms with van der Waals surface area (Å²) >= 11 is 3.34. The molecule has 2 aromatic carbocycles. The fraction of sp³-hybridized carbons (Fsp3) is 0.375. The van der Waals surface area contributed by atoms with E-state index in [1.54, 1.807) is 22.7 Å². The molecule has 1 amide bonds. The monoisotopic (exact) mass is 451 g/mol. The van der Waals surface area contributed by atoms with Crippen LogP contribution >= 0.6 is 22.7 Å². The van der Waals surface area contributed by atoms with Gasteiger partial charge in [0.1, 0.15) is 0 Å². The first-order valence-corrected chi connectivity index (χ1v) is 12.5. The third kappa shape index (κ3) is 4.79. The molecular formula is C24H25N3O2S2. The van der Waals surface area contributed by atoms with Crippen LogP contribution < -0.4 is 4.90 Å². The van der Waals surface area contributed by atoms with Crippen LogP contribution in [0.3, 0.4) is 0 Å². The summed E-state index contributed by atoms with van der Waals surface area (Å²) in [6.07, 6.45) is 5.42. The van der Waals surface area contributed by atoms with E-state index < -0.39 is 0 Å². The van der Waals surface area contributed by atoms with Crippen molar-refractivity contribution in [2.75, 3.05) is 18.1 Å². The second-order valence-corrected chi connectivity index (χ2v) is 10.0. The molecule has 1 aliphatic heterocycles. The van der Waals surface area contributed by atoms with Gasteiger partial charge in [0.15, 0.2) is 5.13 Å². The van der Waals surface area contributed by atoms with Crippen molar-refractivity contribution in [1.29, 1.82) is 0 Å². The Balaban J connectivity index is 1.23. The smallest absolute Gasteiger partial charge is 0.228 e.